The van der Waals surface area contributed by atoms with Crippen LogP contribution in [0.3, 0.4) is 0 Å². The summed E-state index contributed by atoms with van der Waals surface area (Å²) in [6.45, 7) is 2.74. The first-order valence-corrected chi connectivity index (χ1v) is 8.82. The van der Waals surface area contributed by atoms with Gasteiger partial charge in [0.05, 0.1) is 25.8 Å². The fourth-order valence-corrected chi connectivity index (χ4v) is 3.93. The molecular formula is C19H24N2O3. The average Bonchev–Trinajstić information content (AvgIpc) is 3.13. The number of hydrogen-bond acceptors (Lipinski definition) is 4. The molecular weight excluding hydrogens is 304 g/mol. The van der Waals surface area contributed by atoms with Crippen molar-refractivity contribution >= 4 is 5.91 Å². The first-order valence-electron chi connectivity index (χ1n) is 8.82. The molecule has 1 spiro atoms. The van der Waals surface area contributed by atoms with Gasteiger partial charge in [0.1, 0.15) is 5.60 Å². The summed E-state index contributed by atoms with van der Waals surface area (Å²) in [5.74, 6) is 0.441. The summed E-state index contributed by atoms with van der Waals surface area (Å²) in [5.41, 5.74) is 0.914. The third kappa shape index (κ3) is 3.23. The number of allylic oxidation sites excluding steroid dienone is 2. The summed E-state index contributed by atoms with van der Waals surface area (Å²) in [7, 11) is 0. The highest BCUT2D eigenvalue weighted by molar-refractivity contribution is 5.80. The molecule has 2 fully saturated rings. The molecule has 0 saturated carbocycles. The van der Waals surface area contributed by atoms with E-state index >= 15 is 0 Å². The van der Waals surface area contributed by atoms with Crippen LogP contribution in [0.4, 0.5) is 0 Å². The van der Waals surface area contributed by atoms with Crippen molar-refractivity contribution in [2.75, 3.05) is 19.7 Å². The molecule has 3 heterocycles. The van der Waals surface area contributed by atoms with Crippen LogP contribution in [0.25, 0.3) is 0 Å². The lowest BCUT2D eigenvalue weighted by atomic mass is 9.83. The van der Waals surface area contributed by atoms with Gasteiger partial charge in [0, 0.05) is 31.3 Å². The minimum Gasteiger partial charge on any atom is -0.373 e. The number of aromatic nitrogens is 1. The Kier molecular flexibility index (Phi) is 4.37. The highest BCUT2D eigenvalue weighted by atomic mass is 16.5. The summed E-state index contributed by atoms with van der Waals surface area (Å²) in [6.07, 6.45) is 11.6. The molecule has 3 aliphatic rings. The first-order chi connectivity index (χ1) is 11.7. The van der Waals surface area contributed by atoms with E-state index < -0.39 is 0 Å². The van der Waals surface area contributed by atoms with E-state index in [1.807, 2.05) is 23.2 Å². The molecule has 4 rings (SSSR count). The molecule has 1 atom stereocenters. The number of amides is 1. The Morgan fingerprint density at radius 3 is 2.96 bits per heavy atom. The Morgan fingerprint density at radius 1 is 1.38 bits per heavy atom. The first kappa shape index (κ1) is 15.8. The fourth-order valence-electron chi connectivity index (χ4n) is 3.93. The minimum atomic E-state index is -0.181. The zero-order valence-corrected chi connectivity index (χ0v) is 13.9. The number of pyridine rings is 1. The molecule has 0 bridgehead atoms. The third-order valence-corrected chi connectivity index (χ3v) is 5.28. The lowest BCUT2D eigenvalue weighted by Crippen LogP contribution is -2.68. The quantitative estimate of drug-likeness (QED) is 0.796. The van der Waals surface area contributed by atoms with Gasteiger partial charge in [0.15, 0.2) is 0 Å². The van der Waals surface area contributed by atoms with Gasteiger partial charge < -0.3 is 14.4 Å². The number of likely N-dealkylation sites (tertiary alicyclic amines) is 1. The van der Waals surface area contributed by atoms with Gasteiger partial charge in [0.25, 0.3) is 0 Å². The Labute approximate surface area is 142 Å². The highest BCUT2D eigenvalue weighted by Crippen LogP contribution is 2.37. The van der Waals surface area contributed by atoms with E-state index in [1.165, 1.54) is 0 Å². The second-order valence-corrected chi connectivity index (χ2v) is 7.15. The van der Waals surface area contributed by atoms with Gasteiger partial charge in [0.2, 0.25) is 5.91 Å². The number of hydrogen-bond donors (Lipinski definition) is 0. The molecule has 1 unspecified atom stereocenters. The van der Waals surface area contributed by atoms with E-state index in [9.17, 15) is 4.79 Å². The van der Waals surface area contributed by atoms with Crippen LogP contribution >= 0.6 is 0 Å². The van der Waals surface area contributed by atoms with Crippen LogP contribution in [-0.4, -0.2) is 47.2 Å². The van der Waals surface area contributed by atoms with Gasteiger partial charge in [-0.2, -0.15) is 0 Å². The largest absolute Gasteiger partial charge is 0.373 e. The molecule has 0 N–H and O–H groups in total. The van der Waals surface area contributed by atoms with Crippen LogP contribution in [0, 0.1) is 5.92 Å². The maximum Gasteiger partial charge on any atom is 0.226 e. The second kappa shape index (κ2) is 6.65. The van der Waals surface area contributed by atoms with Gasteiger partial charge in [-0.25, -0.2) is 0 Å². The van der Waals surface area contributed by atoms with Crippen molar-refractivity contribution in [3.63, 3.8) is 0 Å². The topological polar surface area (TPSA) is 51.7 Å². The SMILES string of the molecule is O=C(C1CC=CC1)N1CC2(CC(OCc3cccnc3)CCO2)C1. The standard InChI is InChI=1S/C19H24N2O3/c22-18(16-5-1-2-6-16)21-13-19(14-21)10-17(7-9-24-19)23-12-15-4-3-8-20-11-15/h1-4,8,11,16-17H,5-7,9-10,12-14H2. The zero-order valence-electron chi connectivity index (χ0n) is 13.9. The van der Waals surface area contributed by atoms with Crippen LogP contribution in [0.5, 0.6) is 0 Å². The minimum absolute atomic E-state index is 0.156. The number of nitrogens with zero attached hydrogens (tertiary/aromatic N) is 2. The van der Waals surface area contributed by atoms with E-state index in [4.69, 9.17) is 9.47 Å². The molecule has 0 aromatic carbocycles. The zero-order chi connectivity index (χ0) is 16.4. The number of carbonyl (C=O) groups is 1. The van der Waals surface area contributed by atoms with Crippen LogP contribution in [-0.2, 0) is 20.9 Å². The highest BCUT2D eigenvalue weighted by Gasteiger charge is 2.50. The Balaban J connectivity index is 1.27. The summed E-state index contributed by atoms with van der Waals surface area (Å²) in [4.78, 5) is 18.5. The summed E-state index contributed by atoms with van der Waals surface area (Å²) < 4.78 is 12.1. The second-order valence-electron chi connectivity index (χ2n) is 7.15. The molecule has 2 aliphatic heterocycles. The molecule has 2 saturated heterocycles. The van der Waals surface area contributed by atoms with Crippen molar-refractivity contribution < 1.29 is 14.3 Å². The van der Waals surface area contributed by atoms with Crippen molar-refractivity contribution in [3.8, 4) is 0 Å². The lowest BCUT2D eigenvalue weighted by molar-refractivity contribution is -0.204. The fraction of sp³-hybridized carbons (Fsp3) is 0.579. The molecule has 0 radical (unpaired) electrons. The Bertz CT molecular complexity index is 602. The van der Waals surface area contributed by atoms with Crippen molar-refractivity contribution in [1.29, 1.82) is 0 Å². The average molecular weight is 328 g/mol. The van der Waals surface area contributed by atoms with Crippen LogP contribution in [0.15, 0.2) is 36.7 Å². The van der Waals surface area contributed by atoms with Gasteiger partial charge in [-0.15, -0.1) is 0 Å². The van der Waals surface area contributed by atoms with Gasteiger partial charge in [-0.3, -0.25) is 9.78 Å². The molecule has 5 heteroatoms. The molecule has 1 aromatic rings. The third-order valence-electron chi connectivity index (χ3n) is 5.28. The van der Waals surface area contributed by atoms with E-state index in [1.54, 1.807) is 6.20 Å². The number of carbonyl (C=O) groups excluding carboxylic acids is 1. The molecule has 1 aromatic heterocycles. The predicted octanol–water partition coefficient (Wildman–Crippen LogP) is 2.32. The monoisotopic (exact) mass is 328 g/mol. The van der Waals surface area contributed by atoms with Crippen molar-refractivity contribution in [3.05, 3.63) is 42.2 Å². The summed E-state index contributed by atoms with van der Waals surface area (Å²) >= 11 is 0. The summed E-state index contributed by atoms with van der Waals surface area (Å²) in [5, 5.41) is 0. The van der Waals surface area contributed by atoms with Gasteiger partial charge in [-0.1, -0.05) is 18.2 Å². The Hall–Kier alpha value is -1.72. The Morgan fingerprint density at radius 2 is 2.21 bits per heavy atom. The molecule has 5 nitrogen and oxygen atoms in total. The smallest absolute Gasteiger partial charge is 0.226 e. The lowest BCUT2D eigenvalue weighted by Gasteiger charge is -2.53. The molecule has 128 valence electrons. The van der Waals surface area contributed by atoms with Crippen LogP contribution < -0.4 is 0 Å². The van der Waals surface area contributed by atoms with Crippen molar-refractivity contribution in [2.24, 2.45) is 5.92 Å². The van der Waals surface area contributed by atoms with Gasteiger partial charge in [-0.05, 0) is 30.9 Å². The normalized spacial score (nSPS) is 25.8. The maximum absolute atomic E-state index is 12.4. The molecule has 1 aliphatic carbocycles. The predicted molar refractivity (Wildman–Crippen MR) is 89.2 cm³/mol. The van der Waals surface area contributed by atoms with Crippen LogP contribution in [0.2, 0.25) is 0 Å². The maximum atomic E-state index is 12.4. The van der Waals surface area contributed by atoms with E-state index in [0.29, 0.717) is 13.2 Å². The summed E-state index contributed by atoms with van der Waals surface area (Å²) in [6, 6.07) is 3.96. The number of ether oxygens (including phenoxy) is 2. The molecule has 24 heavy (non-hydrogen) atoms. The van der Waals surface area contributed by atoms with E-state index in [-0.39, 0.29) is 23.5 Å². The van der Waals surface area contributed by atoms with E-state index in [2.05, 4.69) is 17.1 Å². The van der Waals surface area contributed by atoms with Crippen LogP contribution in [0.1, 0.15) is 31.2 Å². The molecule has 1 amide bonds. The van der Waals surface area contributed by atoms with Crippen molar-refractivity contribution in [1.82, 2.24) is 9.88 Å². The van der Waals surface area contributed by atoms with E-state index in [0.717, 1.165) is 44.3 Å². The van der Waals surface area contributed by atoms with Gasteiger partial charge >= 0.3 is 0 Å². The number of rotatable bonds is 4. The van der Waals surface area contributed by atoms with Crippen molar-refractivity contribution in [2.45, 2.75) is 44.0 Å².